The maximum atomic E-state index is 14.8. The Morgan fingerprint density at radius 3 is 2.88 bits per heavy atom. The number of hydrogen-bond acceptors (Lipinski definition) is 6. The summed E-state index contributed by atoms with van der Waals surface area (Å²) in [6, 6.07) is 4.23. The van der Waals surface area contributed by atoms with E-state index in [2.05, 4.69) is 11.6 Å². The van der Waals surface area contributed by atoms with E-state index in [1.807, 2.05) is 17.9 Å². The number of piperazine rings is 1. The Morgan fingerprint density at radius 2 is 2.16 bits per heavy atom. The molecule has 1 aliphatic carbocycles. The highest BCUT2D eigenvalue weighted by atomic mass is 32.2. The van der Waals surface area contributed by atoms with Crippen molar-refractivity contribution in [1.82, 2.24) is 14.5 Å². The van der Waals surface area contributed by atoms with Gasteiger partial charge < -0.3 is 14.9 Å². The second kappa shape index (κ2) is 7.81. The van der Waals surface area contributed by atoms with Gasteiger partial charge in [-0.25, -0.2) is 9.18 Å². The lowest BCUT2D eigenvalue weighted by Crippen LogP contribution is -2.57. The number of amides is 1. The second-order valence-electron chi connectivity index (χ2n) is 8.19. The highest BCUT2D eigenvalue weighted by molar-refractivity contribution is 8.08. The van der Waals surface area contributed by atoms with E-state index in [4.69, 9.17) is 0 Å². The van der Waals surface area contributed by atoms with Crippen molar-refractivity contribution < 1.29 is 14.3 Å². The molecule has 5 rings (SSSR count). The van der Waals surface area contributed by atoms with Gasteiger partial charge in [0.25, 0.3) is 0 Å². The number of thioether (sulfide) groups is 1. The summed E-state index contributed by atoms with van der Waals surface area (Å²) in [5.41, 5.74) is -0.118. The van der Waals surface area contributed by atoms with Crippen molar-refractivity contribution in [3.8, 4) is 5.75 Å². The van der Waals surface area contributed by atoms with Gasteiger partial charge in [0.05, 0.1) is 5.35 Å². The molecule has 32 heavy (non-hydrogen) atoms. The zero-order valence-electron chi connectivity index (χ0n) is 17.6. The molecule has 1 N–H and O–H groups in total. The number of phenolic OH excluding ortho intramolecular Hbond substituents is 1. The lowest BCUT2D eigenvalue weighted by atomic mass is 9.98. The molecule has 7 nitrogen and oxygen atoms in total. The van der Waals surface area contributed by atoms with Gasteiger partial charge in [-0.15, -0.1) is 11.8 Å². The van der Waals surface area contributed by atoms with Crippen LogP contribution in [0, 0.1) is 5.82 Å². The third kappa shape index (κ3) is 3.14. The Balaban J connectivity index is 1.67. The summed E-state index contributed by atoms with van der Waals surface area (Å²) < 4.78 is 16.4. The average molecular weight is 455 g/mol. The number of anilines is 1. The number of carbonyl (C=O) groups excluding carboxylic acids is 1. The van der Waals surface area contributed by atoms with Gasteiger partial charge in [0.2, 0.25) is 5.91 Å². The fraction of sp³-hybridized carbons (Fsp3) is 0.348. The second-order valence-corrected chi connectivity index (χ2v) is 9.33. The summed E-state index contributed by atoms with van der Waals surface area (Å²) in [5.74, 6) is 0.0492. The molecule has 1 aromatic carbocycles. The number of rotatable bonds is 3. The largest absolute Gasteiger partial charge is 0.508 e. The number of carbonyl (C=O) groups is 1. The van der Waals surface area contributed by atoms with Crippen LogP contribution in [-0.2, 0) is 11.3 Å². The van der Waals surface area contributed by atoms with E-state index in [-0.39, 0.29) is 29.0 Å². The molecule has 2 aliphatic heterocycles. The molecule has 166 valence electrons. The van der Waals surface area contributed by atoms with Crippen LogP contribution in [0.2, 0.25) is 0 Å². The minimum atomic E-state index is -0.482. The van der Waals surface area contributed by atoms with Crippen LogP contribution in [-0.4, -0.2) is 56.9 Å². The van der Waals surface area contributed by atoms with Gasteiger partial charge in [-0.1, -0.05) is 18.7 Å². The lowest BCUT2D eigenvalue weighted by Gasteiger charge is -2.40. The molecule has 3 heterocycles. The van der Waals surface area contributed by atoms with Crippen LogP contribution in [0.1, 0.15) is 18.4 Å². The average Bonchev–Trinajstić information content (AvgIpc) is 3.16. The number of halogens is 1. The van der Waals surface area contributed by atoms with Crippen LogP contribution in [0.15, 0.2) is 35.6 Å². The SMILES string of the molecule is C=CC(=O)N1CCN(c2nc(=O)n3c4c2=CC(c2c(O)cccc2F)C=4SCC3)[C@@H](C)C1. The van der Waals surface area contributed by atoms with Crippen LogP contribution in [0.4, 0.5) is 10.2 Å². The van der Waals surface area contributed by atoms with Gasteiger partial charge in [0.15, 0.2) is 0 Å². The Labute approximate surface area is 188 Å². The van der Waals surface area contributed by atoms with E-state index in [1.165, 1.54) is 24.3 Å². The molecule has 9 heteroatoms. The molecule has 1 fully saturated rings. The van der Waals surface area contributed by atoms with E-state index in [9.17, 15) is 19.1 Å². The number of aromatic nitrogens is 2. The number of hydrogen-bond donors (Lipinski definition) is 1. The van der Waals surface area contributed by atoms with E-state index >= 15 is 0 Å². The van der Waals surface area contributed by atoms with Gasteiger partial charge in [0, 0.05) is 59.6 Å². The highest BCUT2D eigenvalue weighted by Gasteiger charge is 2.34. The number of phenols is 1. The molecule has 3 aliphatic rings. The van der Waals surface area contributed by atoms with Gasteiger partial charge in [-0.2, -0.15) is 4.98 Å². The molecule has 0 spiro atoms. The molecule has 1 aromatic heterocycles. The Bertz CT molecular complexity index is 1300. The zero-order valence-corrected chi connectivity index (χ0v) is 18.4. The van der Waals surface area contributed by atoms with Crippen LogP contribution in [0.3, 0.4) is 0 Å². The Kier molecular flexibility index (Phi) is 5.08. The molecule has 2 atom stereocenters. The summed E-state index contributed by atoms with van der Waals surface area (Å²) in [4.78, 5) is 34.0. The van der Waals surface area contributed by atoms with Crippen molar-refractivity contribution in [2.24, 2.45) is 0 Å². The molecule has 1 saturated heterocycles. The molecule has 1 amide bonds. The fourth-order valence-electron chi connectivity index (χ4n) is 4.85. The normalized spacial score (nSPS) is 21.9. The molecule has 0 radical (unpaired) electrons. The molecule has 0 bridgehead atoms. The summed E-state index contributed by atoms with van der Waals surface area (Å²) in [6.45, 7) is 7.59. The molecular formula is C23H23FN4O3S. The van der Waals surface area contributed by atoms with Crippen molar-refractivity contribution in [2.75, 3.05) is 30.3 Å². The smallest absolute Gasteiger partial charge is 0.350 e. The van der Waals surface area contributed by atoms with E-state index in [0.29, 0.717) is 37.7 Å². The minimum absolute atomic E-state index is 0.0622. The fourth-order valence-corrected chi connectivity index (χ4v) is 6.06. The van der Waals surface area contributed by atoms with Crippen LogP contribution in [0.25, 0.3) is 11.0 Å². The lowest BCUT2D eigenvalue weighted by molar-refractivity contribution is -0.126. The highest BCUT2D eigenvalue weighted by Crippen LogP contribution is 2.42. The maximum Gasteiger partial charge on any atom is 0.350 e. The predicted molar refractivity (Wildman–Crippen MR) is 122 cm³/mol. The number of aromatic hydroxyl groups is 1. The topological polar surface area (TPSA) is 78.7 Å². The van der Waals surface area contributed by atoms with Crippen LogP contribution in [0.5, 0.6) is 5.75 Å². The van der Waals surface area contributed by atoms with Gasteiger partial charge in [-0.3, -0.25) is 9.36 Å². The van der Waals surface area contributed by atoms with E-state index in [0.717, 1.165) is 15.5 Å². The van der Waals surface area contributed by atoms with Crippen molar-refractivity contribution >= 4 is 34.5 Å². The van der Waals surface area contributed by atoms with Crippen molar-refractivity contribution in [1.29, 1.82) is 0 Å². The minimum Gasteiger partial charge on any atom is -0.508 e. The first-order chi connectivity index (χ1) is 15.4. The first-order valence-electron chi connectivity index (χ1n) is 10.6. The maximum absolute atomic E-state index is 14.8. The third-order valence-corrected chi connectivity index (χ3v) is 7.49. The Hall–Kier alpha value is -3.07. The zero-order chi connectivity index (χ0) is 22.6. The van der Waals surface area contributed by atoms with E-state index in [1.54, 1.807) is 21.2 Å². The first kappa shape index (κ1) is 20.8. The monoisotopic (exact) mass is 454 g/mol. The van der Waals surface area contributed by atoms with Gasteiger partial charge >= 0.3 is 5.69 Å². The third-order valence-electron chi connectivity index (χ3n) is 6.35. The summed E-state index contributed by atoms with van der Waals surface area (Å²) >= 11 is 1.59. The predicted octanol–water partition coefficient (Wildman–Crippen LogP) is 0.744. The molecule has 2 aromatic rings. The van der Waals surface area contributed by atoms with E-state index < -0.39 is 11.7 Å². The number of nitrogens with zero attached hydrogens (tertiary/aromatic N) is 4. The van der Waals surface area contributed by atoms with Crippen molar-refractivity contribution in [3.63, 3.8) is 0 Å². The first-order valence-corrected chi connectivity index (χ1v) is 11.5. The van der Waals surface area contributed by atoms with Crippen molar-refractivity contribution in [3.05, 3.63) is 63.3 Å². The van der Waals surface area contributed by atoms with Gasteiger partial charge in [0.1, 0.15) is 17.4 Å². The Morgan fingerprint density at radius 1 is 1.34 bits per heavy atom. The molecular weight excluding hydrogens is 431 g/mol. The van der Waals surface area contributed by atoms with Crippen molar-refractivity contribution in [2.45, 2.75) is 25.4 Å². The molecule has 0 saturated carbocycles. The van der Waals surface area contributed by atoms with Crippen LogP contribution < -0.4 is 21.2 Å². The standard InChI is InChI=1S/C23H23FN4O3S/c1-3-18(30)26-7-8-27(13(2)12-26)22-15-11-14(19-16(24)5-4-6-17(19)29)21-20(15)28(9-10-32-21)23(31)25-22/h3-6,11,13-14,29H,1,7-10,12H2,2H3/t13-,14?/m0/s1. The van der Waals surface area contributed by atoms with Crippen LogP contribution >= 0.6 is 11.8 Å². The summed E-state index contributed by atoms with van der Waals surface area (Å²) in [5, 5.41) is 12.0. The number of benzene rings is 1. The molecule has 1 unspecified atom stereocenters. The quantitative estimate of drug-likeness (QED) is 0.690. The summed E-state index contributed by atoms with van der Waals surface area (Å²) in [7, 11) is 0. The summed E-state index contributed by atoms with van der Waals surface area (Å²) in [6.07, 6.45) is 3.22. The van der Waals surface area contributed by atoms with Gasteiger partial charge in [-0.05, 0) is 25.1 Å².